The second-order valence-electron chi connectivity index (χ2n) is 5.93. The van der Waals surface area contributed by atoms with Gasteiger partial charge >= 0.3 is 154 Å². The first kappa shape index (κ1) is 18.4. The van der Waals surface area contributed by atoms with Gasteiger partial charge in [-0.3, -0.25) is 0 Å². The molecule has 2 aromatic carbocycles. The Hall–Kier alpha value is -2.38. The number of rotatable bonds is 2. The maximum absolute atomic E-state index is 5.86. The van der Waals surface area contributed by atoms with E-state index in [1.54, 1.807) is 0 Å². The molecule has 0 spiro atoms. The summed E-state index contributed by atoms with van der Waals surface area (Å²) < 4.78 is 2.79. The van der Waals surface area contributed by atoms with Gasteiger partial charge in [0.05, 0.1) is 0 Å². The summed E-state index contributed by atoms with van der Waals surface area (Å²) in [4.78, 5) is 0. The van der Waals surface area contributed by atoms with Crippen LogP contribution in [0.15, 0.2) is 107 Å². The Morgan fingerprint density at radius 1 is 0.654 bits per heavy atom. The molecule has 26 heavy (non-hydrogen) atoms. The SMILES string of the molecule is [Cl-].[NH2+]=C1C=CC(=C2C=C(c3ccccc3)C=C(c3ccccc3)[Se]2)C=C1. The molecule has 0 fully saturated rings. The fourth-order valence-corrected chi connectivity index (χ4v) is 5.18. The van der Waals surface area contributed by atoms with Gasteiger partial charge in [0.2, 0.25) is 0 Å². The molecule has 2 aromatic rings. The van der Waals surface area contributed by atoms with Crippen molar-refractivity contribution in [2.45, 2.75) is 0 Å². The number of nitrogens with two attached hydrogens (primary N) is 1. The van der Waals surface area contributed by atoms with Crippen molar-refractivity contribution in [1.82, 2.24) is 0 Å². The van der Waals surface area contributed by atoms with E-state index >= 15 is 0 Å². The number of hydrogen-bond acceptors (Lipinski definition) is 0. The van der Waals surface area contributed by atoms with Crippen molar-refractivity contribution in [3.8, 4) is 0 Å². The maximum atomic E-state index is 5.86. The average Bonchev–Trinajstić information content (AvgIpc) is 2.69. The van der Waals surface area contributed by atoms with Crippen LogP contribution in [0.4, 0.5) is 0 Å². The molecular formula is C23H18ClNSe. The van der Waals surface area contributed by atoms with Crippen molar-refractivity contribution in [2.24, 2.45) is 0 Å². The van der Waals surface area contributed by atoms with Crippen molar-refractivity contribution in [1.29, 1.82) is 0 Å². The van der Waals surface area contributed by atoms with Crippen LogP contribution in [0.5, 0.6) is 0 Å². The standard InChI is InChI=1S/C23H17NSe.ClH/c24-21-13-11-19(12-14-21)23-16-20(17-7-3-1-4-8-17)15-22(25-23)18-9-5-2-6-10-18;/h1-16,24H;1H. The summed E-state index contributed by atoms with van der Waals surface area (Å²) in [6, 6.07) is 21.3. The van der Waals surface area contributed by atoms with Gasteiger partial charge in [-0.2, -0.15) is 0 Å². The summed E-state index contributed by atoms with van der Waals surface area (Å²) in [7, 11) is 0. The summed E-state index contributed by atoms with van der Waals surface area (Å²) >= 11 is 0.260. The summed E-state index contributed by atoms with van der Waals surface area (Å²) in [5, 5.41) is 5.86. The fraction of sp³-hybridized carbons (Fsp3) is 0. The molecule has 0 aromatic heterocycles. The van der Waals surface area contributed by atoms with Crippen molar-refractivity contribution >= 4 is 30.7 Å². The van der Waals surface area contributed by atoms with Gasteiger partial charge in [-0.1, -0.05) is 0 Å². The van der Waals surface area contributed by atoms with E-state index in [4.69, 9.17) is 5.41 Å². The van der Waals surface area contributed by atoms with E-state index in [0.29, 0.717) is 0 Å². The normalized spacial score (nSPS) is 16.1. The molecule has 0 saturated carbocycles. The van der Waals surface area contributed by atoms with Crippen LogP contribution in [-0.2, 0) is 0 Å². The van der Waals surface area contributed by atoms with Gasteiger partial charge in [0.1, 0.15) is 0 Å². The summed E-state index contributed by atoms with van der Waals surface area (Å²) in [5.41, 5.74) is 5.87. The molecule has 0 amide bonds. The molecule has 4 rings (SSSR count). The molecule has 0 radical (unpaired) electrons. The Morgan fingerprint density at radius 3 is 1.85 bits per heavy atom. The van der Waals surface area contributed by atoms with Crippen LogP contribution in [0.25, 0.3) is 10.0 Å². The second-order valence-corrected chi connectivity index (χ2v) is 8.20. The molecule has 0 unspecified atom stereocenters. The summed E-state index contributed by atoms with van der Waals surface area (Å²) in [6.07, 6.45) is 12.9. The molecule has 1 aliphatic carbocycles. The first-order valence-corrected chi connectivity index (χ1v) is 9.96. The Labute approximate surface area is 166 Å². The third-order valence-electron chi connectivity index (χ3n) is 4.15. The van der Waals surface area contributed by atoms with Crippen molar-refractivity contribution in [2.75, 3.05) is 0 Å². The van der Waals surface area contributed by atoms with Crippen molar-refractivity contribution in [3.05, 3.63) is 118 Å². The van der Waals surface area contributed by atoms with Crippen LogP contribution < -0.4 is 17.8 Å². The fourth-order valence-electron chi connectivity index (χ4n) is 2.83. The minimum atomic E-state index is 0. The molecule has 0 saturated heterocycles. The van der Waals surface area contributed by atoms with E-state index in [1.807, 2.05) is 12.2 Å². The van der Waals surface area contributed by atoms with E-state index in [0.717, 1.165) is 5.71 Å². The molecule has 3 heteroatoms. The van der Waals surface area contributed by atoms with E-state index in [9.17, 15) is 0 Å². The Bertz CT molecular complexity index is 946. The molecule has 0 bridgehead atoms. The average molecular weight is 423 g/mol. The second kappa shape index (κ2) is 8.33. The van der Waals surface area contributed by atoms with Gasteiger partial charge in [0.25, 0.3) is 0 Å². The molecule has 2 N–H and O–H groups in total. The Kier molecular flexibility index (Phi) is 5.90. The van der Waals surface area contributed by atoms with Gasteiger partial charge in [-0.25, -0.2) is 0 Å². The summed E-state index contributed by atoms with van der Waals surface area (Å²) in [6.45, 7) is 0. The van der Waals surface area contributed by atoms with Gasteiger partial charge in [0.15, 0.2) is 0 Å². The van der Waals surface area contributed by atoms with Crippen LogP contribution in [-0.4, -0.2) is 20.7 Å². The van der Waals surface area contributed by atoms with Crippen LogP contribution in [0, 0.1) is 0 Å². The number of benzene rings is 2. The van der Waals surface area contributed by atoms with Crippen LogP contribution >= 0.6 is 0 Å². The number of halogens is 1. The molecular weight excluding hydrogens is 405 g/mol. The molecule has 1 nitrogen and oxygen atoms in total. The third kappa shape index (κ3) is 4.05. The first-order valence-electron chi connectivity index (χ1n) is 8.24. The predicted octanol–water partition coefficient (Wildman–Crippen LogP) is 0.413. The Balaban J connectivity index is 0.00000196. The zero-order chi connectivity index (χ0) is 17.1. The minimum absolute atomic E-state index is 0. The van der Waals surface area contributed by atoms with E-state index < -0.39 is 0 Å². The van der Waals surface area contributed by atoms with Crippen molar-refractivity contribution < 1.29 is 17.8 Å². The first-order chi connectivity index (χ1) is 12.3. The topological polar surface area (TPSA) is 25.6 Å². The van der Waals surface area contributed by atoms with E-state index in [-0.39, 0.29) is 27.4 Å². The molecule has 1 heterocycles. The van der Waals surface area contributed by atoms with Gasteiger partial charge in [-0.05, 0) is 0 Å². The quantitative estimate of drug-likeness (QED) is 0.679. The molecule has 0 atom stereocenters. The van der Waals surface area contributed by atoms with Gasteiger partial charge in [0, 0.05) is 0 Å². The zero-order valence-electron chi connectivity index (χ0n) is 14.1. The molecule has 1 aliphatic heterocycles. The van der Waals surface area contributed by atoms with Crippen LogP contribution in [0.3, 0.4) is 0 Å². The predicted molar refractivity (Wildman–Crippen MR) is 107 cm³/mol. The zero-order valence-corrected chi connectivity index (χ0v) is 16.6. The van der Waals surface area contributed by atoms with Gasteiger partial charge < -0.3 is 12.4 Å². The monoisotopic (exact) mass is 423 g/mol. The molecule has 128 valence electrons. The van der Waals surface area contributed by atoms with Crippen LogP contribution in [0.1, 0.15) is 11.1 Å². The van der Waals surface area contributed by atoms with E-state index in [1.165, 1.54) is 31.2 Å². The Morgan fingerprint density at radius 2 is 1.23 bits per heavy atom. The number of allylic oxidation sites excluding steroid dienone is 9. The molecule has 2 aliphatic rings. The number of hydrogen-bond donors (Lipinski definition) is 1. The third-order valence-corrected chi connectivity index (χ3v) is 6.56. The van der Waals surface area contributed by atoms with Crippen LogP contribution in [0.2, 0.25) is 0 Å². The summed E-state index contributed by atoms with van der Waals surface area (Å²) in [5.74, 6) is 0. The van der Waals surface area contributed by atoms with E-state index in [2.05, 4.69) is 85.0 Å². The van der Waals surface area contributed by atoms with Crippen molar-refractivity contribution in [3.63, 3.8) is 0 Å². The van der Waals surface area contributed by atoms with Gasteiger partial charge in [-0.15, -0.1) is 0 Å².